The zero-order valence-corrected chi connectivity index (χ0v) is 14.8. The van der Waals surface area contributed by atoms with Crippen molar-refractivity contribution in [3.05, 3.63) is 57.5 Å². The number of thioether (sulfide) groups is 1. The number of nitrogens with zero attached hydrogens (tertiary/aromatic N) is 2. The van der Waals surface area contributed by atoms with Crippen LogP contribution >= 0.6 is 11.8 Å². The van der Waals surface area contributed by atoms with Gasteiger partial charge in [-0.25, -0.2) is 4.68 Å². The first-order valence-electron chi connectivity index (χ1n) is 7.62. The molecule has 0 saturated carbocycles. The Morgan fingerprint density at radius 2 is 1.82 bits per heavy atom. The molecule has 1 aromatic heterocycles. The fraction of sp³-hybridized carbons (Fsp3) is 0.444. The summed E-state index contributed by atoms with van der Waals surface area (Å²) in [5.41, 5.74) is 3.57. The lowest BCUT2D eigenvalue weighted by Crippen LogP contribution is -2.24. The predicted octanol–water partition coefficient (Wildman–Crippen LogP) is 4.16. The highest BCUT2D eigenvalue weighted by Crippen LogP contribution is 2.26. The summed E-state index contributed by atoms with van der Waals surface area (Å²) in [6, 6.07) is 8.72. The van der Waals surface area contributed by atoms with E-state index in [2.05, 4.69) is 50.1 Å². The van der Waals surface area contributed by atoms with Gasteiger partial charge in [-0.3, -0.25) is 4.79 Å². The Hall–Kier alpha value is -1.55. The van der Waals surface area contributed by atoms with Crippen LogP contribution in [0.15, 0.2) is 40.2 Å². The number of aromatic nitrogens is 2. The van der Waals surface area contributed by atoms with Crippen molar-refractivity contribution in [1.82, 2.24) is 9.78 Å². The van der Waals surface area contributed by atoms with Crippen molar-refractivity contribution in [2.75, 3.05) is 0 Å². The summed E-state index contributed by atoms with van der Waals surface area (Å²) in [5.74, 6) is 0.850. The number of hydrogen-bond donors (Lipinski definition) is 0. The van der Waals surface area contributed by atoms with Crippen LogP contribution in [0.5, 0.6) is 0 Å². The molecule has 0 saturated heterocycles. The third kappa shape index (κ3) is 3.80. The van der Waals surface area contributed by atoms with Gasteiger partial charge in [-0.1, -0.05) is 45.0 Å². The van der Waals surface area contributed by atoms with Gasteiger partial charge in [0.2, 0.25) is 0 Å². The van der Waals surface area contributed by atoms with E-state index in [-0.39, 0.29) is 11.0 Å². The summed E-state index contributed by atoms with van der Waals surface area (Å²) in [6.07, 6.45) is 1.80. The molecule has 0 radical (unpaired) electrons. The highest BCUT2D eigenvalue weighted by atomic mass is 32.2. The summed E-state index contributed by atoms with van der Waals surface area (Å²) in [5, 5.41) is 4.20. The summed E-state index contributed by atoms with van der Waals surface area (Å²) >= 11 is 1.67. The minimum absolute atomic E-state index is 0.00980. The average molecular weight is 316 g/mol. The van der Waals surface area contributed by atoms with Crippen LogP contribution in [0.2, 0.25) is 0 Å². The first-order valence-corrected chi connectivity index (χ1v) is 8.60. The molecule has 2 rings (SSSR count). The Morgan fingerprint density at radius 1 is 1.18 bits per heavy atom. The molecule has 0 aliphatic carbocycles. The van der Waals surface area contributed by atoms with E-state index in [1.54, 1.807) is 18.0 Å². The molecular weight excluding hydrogens is 292 g/mol. The van der Waals surface area contributed by atoms with Crippen molar-refractivity contribution in [3.63, 3.8) is 0 Å². The van der Waals surface area contributed by atoms with Gasteiger partial charge in [0.15, 0.2) is 0 Å². The van der Waals surface area contributed by atoms with E-state index in [0.29, 0.717) is 6.54 Å². The van der Waals surface area contributed by atoms with Gasteiger partial charge in [0.25, 0.3) is 5.56 Å². The maximum absolute atomic E-state index is 12.1. The summed E-state index contributed by atoms with van der Waals surface area (Å²) in [7, 11) is 0. The van der Waals surface area contributed by atoms with Gasteiger partial charge in [-0.15, -0.1) is 11.8 Å². The number of hydrogen-bond acceptors (Lipinski definition) is 3. The van der Waals surface area contributed by atoms with Gasteiger partial charge < -0.3 is 0 Å². The fourth-order valence-electron chi connectivity index (χ4n) is 2.20. The highest BCUT2D eigenvalue weighted by Gasteiger charge is 2.13. The van der Waals surface area contributed by atoms with Crippen molar-refractivity contribution in [2.45, 2.75) is 57.2 Å². The quantitative estimate of drug-likeness (QED) is 0.794. The summed E-state index contributed by atoms with van der Waals surface area (Å²) in [4.78, 5) is 13.0. The predicted molar refractivity (Wildman–Crippen MR) is 93.6 cm³/mol. The molecule has 2 aromatic rings. The number of aryl methyl sites for hydroxylation is 1. The van der Waals surface area contributed by atoms with Gasteiger partial charge in [-0.05, 0) is 30.4 Å². The zero-order valence-electron chi connectivity index (χ0n) is 14.0. The molecule has 0 fully saturated rings. The molecule has 0 atom stereocenters. The maximum Gasteiger partial charge on any atom is 0.270 e. The van der Waals surface area contributed by atoms with E-state index >= 15 is 0 Å². The molecule has 0 bridgehead atoms. The van der Waals surface area contributed by atoms with Gasteiger partial charge >= 0.3 is 0 Å². The SMILES string of the molecule is CCn1ncc(SCc2ccc(C(C)(C)C)cc2)c(C)c1=O. The average Bonchev–Trinajstić information content (AvgIpc) is 2.48. The van der Waals surface area contributed by atoms with Crippen molar-refractivity contribution in [1.29, 1.82) is 0 Å². The van der Waals surface area contributed by atoms with Gasteiger partial charge in [-0.2, -0.15) is 5.10 Å². The molecule has 0 N–H and O–H groups in total. The van der Waals surface area contributed by atoms with E-state index in [1.165, 1.54) is 15.8 Å². The Labute approximate surface area is 136 Å². The minimum Gasteiger partial charge on any atom is -0.267 e. The molecule has 4 heteroatoms. The van der Waals surface area contributed by atoms with Crippen LogP contribution in [-0.4, -0.2) is 9.78 Å². The fourth-order valence-corrected chi connectivity index (χ4v) is 3.14. The van der Waals surface area contributed by atoms with Crippen LogP contribution in [0.4, 0.5) is 0 Å². The molecule has 22 heavy (non-hydrogen) atoms. The second kappa shape index (κ2) is 6.69. The third-order valence-corrected chi connectivity index (χ3v) is 4.95. The van der Waals surface area contributed by atoms with Crippen LogP contribution in [0, 0.1) is 6.92 Å². The molecule has 3 nitrogen and oxygen atoms in total. The smallest absolute Gasteiger partial charge is 0.267 e. The van der Waals surface area contributed by atoms with E-state index in [0.717, 1.165) is 16.2 Å². The summed E-state index contributed by atoms with van der Waals surface area (Å²) < 4.78 is 1.50. The molecule has 0 amide bonds. The van der Waals surface area contributed by atoms with E-state index < -0.39 is 0 Å². The lowest BCUT2D eigenvalue weighted by atomic mass is 9.87. The second-order valence-electron chi connectivity index (χ2n) is 6.49. The van der Waals surface area contributed by atoms with E-state index in [9.17, 15) is 4.79 Å². The van der Waals surface area contributed by atoms with Crippen LogP contribution < -0.4 is 5.56 Å². The highest BCUT2D eigenvalue weighted by molar-refractivity contribution is 7.98. The van der Waals surface area contributed by atoms with Crippen LogP contribution in [-0.2, 0) is 17.7 Å². The Balaban J connectivity index is 2.11. The molecule has 0 aliphatic heterocycles. The van der Waals surface area contributed by atoms with Crippen LogP contribution in [0.1, 0.15) is 44.4 Å². The first-order chi connectivity index (χ1) is 10.3. The van der Waals surface area contributed by atoms with Crippen molar-refractivity contribution >= 4 is 11.8 Å². The monoisotopic (exact) mass is 316 g/mol. The van der Waals surface area contributed by atoms with Gasteiger partial charge in [0, 0.05) is 22.8 Å². The Morgan fingerprint density at radius 3 is 2.36 bits per heavy atom. The second-order valence-corrected chi connectivity index (χ2v) is 7.51. The Kier molecular flexibility index (Phi) is 5.12. The van der Waals surface area contributed by atoms with Crippen LogP contribution in [0.25, 0.3) is 0 Å². The summed E-state index contributed by atoms with van der Waals surface area (Å²) in [6.45, 7) is 11.1. The van der Waals surface area contributed by atoms with E-state index in [4.69, 9.17) is 0 Å². The molecule has 0 aliphatic rings. The largest absolute Gasteiger partial charge is 0.270 e. The van der Waals surface area contributed by atoms with Gasteiger partial charge in [0.1, 0.15) is 0 Å². The molecule has 1 aromatic carbocycles. The van der Waals surface area contributed by atoms with Crippen molar-refractivity contribution < 1.29 is 0 Å². The van der Waals surface area contributed by atoms with Crippen molar-refractivity contribution in [3.8, 4) is 0 Å². The first kappa shape index (κ1) is 16.8. The van der Waals surface area contributed by atoms with Gasteiger partial charge in [0.05, 0.1) is 6.20 Å². The lowest BCUT2D eigenvalue weighted by molar-refractivity contribution is 0.590. The van der Waals surface area contributed by atoms with E-state index in [1.807, 2.05) is 13.8 Å². The molecule has 0 spiro atoms. The minimum atomic E-state index is 0.00980. The van der Waals surface area contributed by atoms with Crippen molar-refractivity contribution in [2.24, 2.45) is 0 Å². The zero-order chi connectivity index (χ0) is 16.3. The maximum atomic E-state index is 12.1. The standard InChI is InChI=1S/C18H24N2OS/c1-6-20-17(21)13(2)16(11-19-20)22-12-14-7-9-15(10-8-14)18(3,4)5/h7-11H,6,12H2,1-5H3. The molecule has 1 heterocycles. The van der Waals surface area contributed by atoms with Crippen LogP contribution in [0.3, 0.4) is 0 Å². The Bertz CT molecular complexity index is 697. The number of rotatable bonds is 4. The molecule has 0 unspecified atom stereocenters. The third-order valence-electron chi connectivity index (χ3n) is 3.75. The topological polar surface area (TPSA) is 34.9 Å². The molecular formula is C18H24N2OS. The lowest BCUT2D eigenvalue weighted by Gasteiger charge is -2.19. The molecule has 118 valence electrons. The number of benzene rings is 1. The normalized spacial score (nSPS) is 11.7.